The molecule has 1 aromatic heterocycles. The van der Waals surface area contributed by atoms with E-state index >= 15 is 0 Å². The number of rotatable bonds is 5. The Bertz CT molecular complexity index is 897. The van der Waals surface area contributed by atoms with E-state index in [0.717, 1.165) is 16.6 Å². The fraction of sp³-hybridized carbons (Fsp3) is 0.111. The van der Waals surface area contributed by atoms with Crippen LogP contribution in [0.25, 0.3) is 10.9 Å². The summed E-state index contributed by atoms with van der Waals surface area (Å²) in [7, 11) is 0. The van der Waals surface area contributed by atoms with Crippen LogP contribution < -0.4 is 10.2 Å². The average Bonchev–Trinajstić information content (AvgIpc) is 2.58. The molecular formula is C18H16ClN3O2. The van der Waals surface area contributed by atoms with Crippen LogP contribution in [-0.2, 0) is 0 Å². The number of anilines is 1. The second kappa shape index (κ2) is 7.19. The lowest BCUT2D eigenvalue weighted by Crippen LogP contribution is -1.95. The van der Waals surface area contributed by atoms with Gasteiger partial charge >= 0.3 is 0 Å². The number of phenolic OH excluding ortho intramolecular Hbond substituents is 1. The van der Waals surface area contributed by atoms with E-state index < -0.39 is 0 Å². The molecule has 24 heavy (non-hydrogen) atoms. The number of hydrazone groups is 1. The number of benzene rings is 2. The zero-order chi connectivity index (χ0) is 16.9. The first-order chi connectivity index (χ1) is 11.7. The van der Waals surface area contributed by atoms with E-state index in [-0.39, 0.29) is 5.75 Å². The topological polar surface area (TPSA) is 66.7 Å². The minimum Gasteiger partial charge on any atom is -0.504 e. The van der Waals surface area contributed by atoms with E-state index in [0.29, 0.717) is 22.9 Å². The van der Waals surface area contributed by atoms with Gasteiger partial charge < -0.3 is 9.84 Å². The maximum Gasteiger partial charge on any atom is 0.166 e. The standard InChI is InChI=1S/C18H16ClN3O2/c1-2-24-17-5-3-4-12(18(17)23)11-21-22-15-8-9-20-16-10-13(19)6-7-14(15)16/h3-11,23H,2H2,1H3,(H,20,22). The number of nitrogens with zero attached hydrogens (tertiary/aromatic N) is 2. The van der Waals surface area contributed by atoms with Crippen LogP contribution in [0.2, 0.25) is 5.02 Å². The number of para-hydroxylation sites is 1. The van der Waals surface area contributed by atoms with Crippen LogP contribution in [0.1, 0.15) is 12.5 Å². The lowest BCUT2D eigenvalue weighted by molar-refractivity contribution is 0.318. The summed E-state index contributed by atoms with van der Waals surface area (Å²) in [4.78, 5) is 4.28. The summed E-state index contributed by atoms with van der Waals surface area (Å²) in [5.74, 6) is 0.502. The van der Waals surface area contributed by atoms with Gasteiger partial charge in [-0.05, 0) is 43.3 Å². The quantitative estimate of drug-likeness (QED) is 0.532. The molecule has 5 nitrogen and oxygen atoms in total. The highest BCUT2D eigenvalue weighted by Gasteiger charge is 2.06. The molecule has 0 atom stereocenters. The van der Waals surface area contributed by atoms with Crippen molar-refractivity contribution >= 4 is 34.4 Å². The molecule has 0 spiro atoms. The molecule has 0 fully saturated rings. The summed E-state index contributed by atoms with van der Waals surface area (Å²) < 4.78 is 5.36. The van der Waals surface area contributed by atoms with Crippen LogP contribution >= 0.6 is 11.6 Å². The van der Waals surface area contributed by atoms with Crippen LogP contribution in [0, 0.1) is 0 Å². The summed E-state index contributed by atoms with van der Waals surface area (Å²) in [6.45, 7) is 2.35. The number of hydrogen-bond donors (Lipinski definition) is 2. The van der Waals surface area contributed by atoms with Gasteiger partial charge in [-0.15, -0.1) is 0 Å². The molecule has 3 aromatic rings. The van der Waals surface area contributed by atoms with Gasteiger partial charge in [-0.2, -0.15) is 5.10 Å². The molecule has 2 aromatic carbocycles. The first-order valence-electron chi connectivity index (χ1n) is 7.47. The lowest BCUT2D eigenvalue weighted by Gasteiger charge is -2.08. The molecule has 0 saturated heterocycles. The Kier molecular flexibility index (Phi) is 4.82. The first kappa shape index (κ1) is 16.1. The van der Waals surface area contributed by atoms with Crippen molar-refractivity contribution in [3.63, 3.8) is 0 Å². The Morgan fingerprint density at radius 1 is 1.29 bits per heavy atom. The molecule has 6 heteroatoms. The van der Waals surface area contributed by atoms with Gasteiger partial charge in [0, 0.05) is 22.2 Å². The van der Waals surface area contributed by atoms with E-state index in [1.807, 2.05) is 19.1 Å². The highest BCUT2D eigenvalue weighted by molar-refractivity contribution is 6.31. The highest BCUT2D eigenvalue weighted by Crippen LogP contribution is 2.29. The van der Waals surface area contributed by atoms with Gasteiger partial charge in [-0.3, -0.25) is 10.4 Å². The molecule has 0 aliphatic heterocycles. The molecule has 0 aliphatic rings. The molecule has 1 heterocycles. The number of nitrogens with one attached hydrogen (secondary N) is 1. The Morgan fingerprint density at radius 3 is 3.00 bits per heavy atom. The summed E-state index contributed by atoms with van der Waals surface area (Å²) in [5.41, 5.74) is 5.11. The molecule has 0 radical (unpaired) electrons. The van der Waals surface area contributed by atoms with Crippen molar-refractivity contribution in [3.8, 4) is 11.5 Å². The van der Waals surface area contributed by atoms with E-state index in [4.69, 9.17) is 16.3 Å². The lowest BCUT2D eigenvalue weighted by atomic mass is 10.2. The molecule has 2 N–H and O–H groups in total. The second-order valence-electron chi connectivity index (χ2n) is 5.02. The SMILES string of the molecule is CCOc1cccc(C=NNc2ccnc3cc(Cl)ccc23)c1O. The molecule has 3 rings (SSSR count). The van der Waals surface area contributed by atoms with Gasteiger partial charge in [-0.25, -0.2) is 0 Å². The normalized spacial score (nSPS) is 11.1. The van der Waals surface area contributed by atoms with Crippen molar-refractivity contribution in [2.24, 2.45) is 5.10 Å². The third kappa shape index (κ3) is 3.41. The summed E-state index contributed by atoms with van der Waals surface area (Å²) in [5, 5.41) is 15.9. The van der Waals surface area contributed by atoms with Crippen LogP contribution in [0.4, 0.5) is 5.69 Å². The van der Waals surface area contributed by atoms with Crippen LogP contribution in [-0.4, -0.2) is 22.9 Å². The zero-order valence-corrected chi connectivity index (χ0v) is 13.8. The molecule has 122 valence electrons. The van der Waals surface area contributed by atoms with Crippen LogP contribution in [0.5, 0.6) is 11.5 Å². The van der Waals surface area contributed by atoms with Crippen molar-refractivity contribution in [2.75, 3.05) is 12.0 Å². The zero-order valence-electron chi connectivity index (χ0n) is 13.0. The average molecular weight is 342 g/mol. The maximum absolute atomic E-state index is 10.2. The monoisotopic (exact) mass is 341 g/mol. The minimum atomic E-state index is 0.0660. The van der Waals surface area contributed by atoms with Crippen LogP contribution in [0.15, 0.2) is 53.8 Å². The van der Waals surface area contributed by atoms with Gasteiger partial charge in [0.2, 0.25) is 0 Å². The van der Waals surface area contributed by atoms with Crippen LogP contribution in [0.3, 0.4) is 0 Å². The number of phenols is 1. The third-order valence-corrected chi connectivity index (χ3v) is 3.66. The van der Waals surface area contributed by atoms with Crippen molar-refractivity contribution in [2.45, 2.75) is 6.92 Å². The smallest absolute Gasteiger partial charge is 0.166 e. The number of aromatic nitrogens is 1. The summed E-state index contributed by atoms with van der Waals surface area (Å²) in [6, 6.07) is 12.6. The predicted octanol–water partition coefficient (Wildman–Crippen LogP) is 4.44. The Morgan fingerprint density at radius 2 is 2.17 bits per heavy atom. The number of aromatic hydroxyl groups is 1. The Labute approximate surface area is 144 Å². The fourth-order valence-corrected chi connectivity index (χ4v) is 2.47. The maximum atomic E-state index is 10.2. The van der Waals surface area contributed by atoms with Gasteiger partial charge in [0.05, 0.1) is 24.0 Å². The Hall–Kier alpha value is -2.79. The number of fused-ring (bicyclic) bond motifs is 1. The predicted molar refractivity (Wildman–Crippen MR) is 97.2 cm³/mol. The molecule has 0 unspecified atom stereocenters. The fourth-order valence-electron chi connectivity index (χ4n) is 2.31. The van der Waals surface area contributed by atoms with Crippen molar-refractivity contribution in [3.05, 3.63) is 59.2 Å². The molecule has 0 bridgehead atoms. The summed E-state index contributed by atoms with van der Waals surface area (Å²) in [6.07, 6.45) is 3.23. The molecule has 0 aliphatic carbocycles. The summed E-state index contributed by atoms with van der Waals surface area (Å²) >= 11 is 5.98. The number of hydrogen-bond acceptors (Lipinski definition) is 5. The first-order valence-corrected chi connectivity index (χ1v) is 7.85. The largest absolute Gasteiger partial charge is 0.504 e. The van der Waals surface area contributed by atoms with Crippen molar-refractivity contribution in [1.82, 2.24) is 4.98 Å². The van der Waals surface area contributed by atoms with Gasteiger partial charge in [0.25, 0.3) is 0 Å². The van der Waals surface area contributed by atoms with E-state index in [1.165, 1.54) is 0 Å². The molecule has 0 amide bonds. The second-order valence-corrected chi connectivity index (χ2v) is 5.45. The minimum absolute atomic E-state index is 0.0660. The number of ether oxygens (including phenoxy) is 1. The van der Waals surface area contributed by atoms with E-state index in [1.54, 1.807) is 42.7 Å². The van der Waals surface area contributed by atoms with Gasteiger partial charge in [-0.1, -0.05) is 17.7 Å². The Balaban J connectivity index is 1.84. The van der Waals surface area contributed by atoms with Crippen molar-refractivity contribution in [1.29, 1.82) is 0 Å². The molecule has 0 saturated carbocycles. The van der Waals surface area contributed by atoms with Crippen molar-refractivity contribution < 1.29 is 9.84 Å². The molecular weight excluding hydrogens is 326 g/mol. The van der Waals surface area contributed by atoms with Gasteiger partial charge in [0.1, 0.15) is 0 Å². The third-order valence-electron chi connectivity index (χ3n) is 3.42. The van der Waals surface area contributed by atoms with E-state index in [2.05, 4.69) is 15.5 Å². The van der Waals surface area contributed by atoms with Gasteiger partial charge in [0.15, 0.2) is 11.5 Å². The number of pyridine rings is 1. The number of halogens is 1. The highest BCUT2D eigenvalue weighted by atomic mass is 35.5. The van der Waals surface area contributed by atoms with E-state index in [9.17, 15) is 5.11 Å².